The van der Waals surface area contributed by atoms with E-state index in [9.17, 15) is 9.59 Å². The number of hydrogen-bond acceptors (Lipinski definition) is 4. The van der Waals surface area contributed by atoms with Crippen LogP contribution in [-0.4, -0.2) is 23.3 Å². The Balaban J connectivity index is 1.72. The minimum atomic E-state index is 0.0392. The minimum absolute atomic E-state index is 0.0392. The minimum Gasteiger partial charge on any atom is -0.325 e. The van der Waals surface area contributed by atoms with Crippen LogP contribution < -0.4 is 16.2 Å². The topological polar surface area (TPSA) is 70.2 Å². The van der Waals surface area contributed by atoms with Crippen LogP contribution >= 0.6 is 11.8 Å². The van der Waals surface area contributed by atoms with Crippen LogP contribution in [0.2, 0.25) is 0 Å². The summed E-state index contributed by atoms with van der Waals surface area (Å²) in [6.07, 6.45) is 6.97. The quantitative estimate of drug-likeness (QED) is 0.535. The molecule has 0 spiro atoms. The first-order chi connectivity index (χ1) is 10.3. The zero-order chi connectivity index (χ0) is 14.9. The van der Waals surface area contributed by atoms with E-state index in [-0.39, 0.29) is 5.91 Å². The van der Waals surface area contributed by atoms with Gasteiger partial charge in [0.2, 0.25) is 12.3 Å². The van der Waals surface area contributed by atoms with E-state index in [4.69, 9.17) is 0 Å². The van der Waals surface area contributed by atoms with Crippen LogP contribution in [0.1, 0.15) is 32.1 Å². The molecular formula is C15H21N3O2S. The number of anilines is 2. The van der Waals surface area contributed by atoms with Crippen LogP contribution in [0.5, 0.6) is 0 Å². The van der Waals surface area contributed by atoms with Gasteiger partial charge in [0.1, 0.15) is 0 Å². The smallest absolute Gasteiger partial charge is 0.234 e. The van der Waals surface area contributed by atoms with E-state index in [1.807, 2.05) is 0 Å². The Morgan fingerprint density at radius 3 is 2.48 bits per heavy atom. The van der Waals surface area contributed by atoms with Gasteiger partial charge in [0.15, 0.2) is 0 Å². The number of amides is 2. The number of carbonyl (C=O) groups excluding carboxylic acids is 2. The number of thioether (sulfide) groups is 1. The largest absolute Gasteiger partial charge is 0.325 e. The van der Waals surface area contributed by atoms with Gasteiger partial charge in [0.25, 0.3) is 0 Å². The van der Waals surface area contributed by atoms with Gasteiger partial charge in [0, 0.05) is 10.9 Å². The Kier molecular flexibility index (Phi) is 6.40. The molecule has 2 amide bonds. The van der Waals surface area contributed by atoms with Crippen LogP contribution in [-0.2, 0) is 9.59 Å². The molecule has 0 atom stereocenters. The van der Waals surface area contributed by atoms with Gasteiger partial charge in [-0.2, -0.15) is 0 Å². The van der Waals surface area contributed by atoms with Crippen LogP contribution in [0.15, 0.2) is 24.3 Å². The first-order valence-electron chi connectivity index (χ1n) is 7.24. The Bertz CT molecular complexity index is 458. The number of hydrogen-bond donors (Lipinski definition) is 3. The molecule has 1 aliphatic carbocycles. The molecule has 0 aromatic heterocycles. The lowest BCUT2D eigenvalue weighted by Crippen LogP contribution is -2.19. The average molecular weight is 307 g/mol. The second-order valence-electron chi connectivity index (χ2n) is 5.08. The number of hydrazine groups is 1. The normalized spacial score (nSPS) is 15.2. The highest BCUT2D eigenvalue weighted by molar-refractivity contribution is 8.00. The fourth-order valence-corrected chi connectivity index (χ4v) is 3.50. The molecule has 0 unspecified atom stereocenters. The fourth-order valence-electron chi connectivity index (χ4n) is 2.37. The molecule has 0 radical (unpaired) electrons. The highest BCUT2D eigenvalue weighted by Gasteiger charge is 2.15. The van der Waals surface area contributed by atoms with Gasteiger partial charge in [-0.25, -0.2) is 0 Å². The summed E-state index contributed by atoms with van der Waals surface area (Å²) < 4.78 is 0. The van der Waals surface area contributed by atoms with E-state index in [0.717, 1.165) is 11.4 Å². The van der Waals surface area contributed by atoms with Crippen molar-refractivity contribution in [2.24, 2.45) is 0 Å². The second kappa shape index (κ2) is 8.56. The van der Waals surface area contributed by atoms with Crippen molar-refractivity contribution in [2.45, 2.75) is 37.4 Å². The summed E-state index contributed by atoms with van der Waals surface area (Å²) in [6.45, 7) is 0. The standard InChI is InChI=1S/C15H21N3O2S/c19-11-16-18-13-8-6-12(7-9-13)17-15(20)10-21-14-4-2-1-3-5-14/h6-9,11,14,18H,1-5,10H2,(H,16,19)(H,17,20). The first kappa shape index (κ1) is 15.7. The van der Waals surface area contributed by atoms with Crippen LogP contribution in [0.4, 0.5) is 11.4 Å². The Hall–Kier alpha value is -1.69. The number of rotatable bonds is 7. The molecule has 0 saturated heterocycles. The summed E-state index contributed by atoms with van der Waals surface area (Å²) in [7, 11) is 0. The molecule has 2 rings (SSSR count). The zero-order valence-corrected chi connectivity index (χ0v) is 12.7. The van der Waals surface area contributed by atoms with Crippen molar-refractivity contribution in [2.75, 3.05) is 16.5 Å². The van der Waals surface area contributed by atoms with E-state index in [0.29, 0.717) is 17.4 Å². The molecular weight excluding hydrogens is 286 g/mol. The molecule has 1 aliphatic rings. The van der Waals surface area contributed by atoms with Crippen molar-refractivity contribution in [3.63, 3.8) is 0 Å². The molecule has 1 saturated carbocycles. The molecule has 1 aromatic carbocycles. The maximum absolute atomic E-state index is 11.9. The lowest BCUT2D eigenvalue weighted by atomic mass is 10.0. The van der Waals surface area contributed by atoms with Gasteiger partial charge in [-0.05, 0) is 37.1 Å². The van der Waals surface area contributed by atoms with Crippen LogP contribution in [0.3, 0.4) is 0 Å². The predicted octanol–water partition coefficient (Wildman–Crippen LogP) is 2.76. The van der Waals surface area contributed by atoms with E-state index in [1.165, 1.54) is 32.1 Å². The lowest BCUT2D eigenvalue weighted by Gasteiger charge is -2.20. The van der Waals surface area contributed by atoms with Gasteiger partial charge in [-0.15, -0.1) is 11.8 Å². The molecule has 0 aliphatic heterocycles. The summed E-state index contributed by atoms with van der Waals surface area (Å²) in [5, 5.41) is 3.53. The highest BCUT2D eigenvalue weighted by Crippen LogP contribution is 2.28. The summed E-state index contributed by atoms with van der Waals surface area (Å²) >= 11 is 1.77. The Morgan fingerprint density at radius 2 is 1.81 bits per heavy atom. The van der Waals surface area contributed by atoms with E-state index < -0.39 is 0 Å². The third-order valence-electron chi connectivity index (χ3n) is 3.45. The molecule has 3 N–H and O–H groups in total. The SMILES string of the molecule is O=CNNc1ccc(NC(=O)CSC2CCCCC2)cc1. The number of benzene rings is 1. The molecule has 21 heavy (non-hydrogen) atoms. The third-order valence-corrected chi connectivity index (χ3v) is 4.82. The molecule has 0 heterocycles. The van der Waals surface area contributed by atoms with Crippen molar-refractivity contribution < 1.29 is 9.59 Å². The second-order valence-corrected chi connectivity index (χ2v) is 6.37. The van der Waals surface area contributed by atoms with Crippen LogP contribution in [0, 0.1) is 0 Å². The Morgan fingerprint density at radius 1 is 1.14 bits per heavy atom. The molecule has 6 heteroatoms. The number of carbonyl (C=O) groups is 2. The van der Waals surface area contributed by atoms with E-state index in [2.05, 4.69) is 16.2 Å². The molecule has 1 aromatic rings. The van der Waals surface area contributed by atoms with Crippen LogP contribution in [0.25, 0.3) is 0 Å². The summed E-state index contributed by atoms with van der Waals surface area (Å²) in [5.41, 5.74) is 6.59. The van der Waals surface area contributed by atoms with Gasteiger partial charge in [0.05, 0.1) is 11.4 Å². The maximum Gasteiger partial charge on any atom is 0.234 e. The fraction of sp³-hybridized carbons (Fsp3) is 0.467. The van der Waals surface area contributed by atoms with E-state index >= 15 is 0 Å². The summed E-state index contributed by atoms with van der Waals surface area (Å²) in [5.74, 6) is 0.550. The van der Waals surface area contributed by atoms with Crippen molar-refractivity contribution in [1.82, 2.24) is 5.43 Å². The van der Waals surface area contributed by atoms with Gasteiger partial charge in [-0.3, -0.25) is 20.4 Å². The van der Waals surface area contributed by atoms with Gasteiger partial charge < -0.3 is 5.32 Å². The zero-order valence-electron chi connectivity index (χ0n) is 11.9. The lowest BCUT2D eigenvalue weighted by molar-refractivity contribution is -0.113. The number of nitrogens with one attached hydrogen (secondary N) is 3. The van der Waals surface area contributed by atoms with Gasteiger partial charge >= 0.3 is 0 Å². The van der Waals surface area contributed by atoms with Crippen molar-refractivity contribution in [3.8, 4) is 0 Å². The Labute approximate surface area is 129 Å². The molecule has 5 nitrogen and oxygen atoms in total. The predicted molar refractivity (Wildman–Crippen MR) is 87.2 cm³/mol. The summed E-state index contributed by atoms with van der Waals surface area (Å²) in [6, 6.07) is 7.19. The van der Waals surface area contributed by atoms with Crippen molar-refractivity contribution >= 4 is 35.5 Å². The van der Waals surface area contributed by atoms with Crippen molar-refractivity contribution in [1.29, 1.82) is 0 Å². The average Bonchev–Trinajstić information content (AvgIpc) is 2.53. The monoisotopic (exact) mass is 307 g/mol. The third kappa shape index (κ3) is 5.67. The van der Waals surface area contributed by atoms with E-state index in [1.54, 1.807) is 36.0 Å². The summed E-state index contributed by atoms with van der Waals surface area (Å²) in [4.78, 5) is 22.1. The first-order valence-corrected chi connectivity index (χ1v) is 8.29. The maximum atomic E-state index is 11.9. The van der Waals surface area contributed by atoms with Crippen molar-refractivity contribution in [3.05, 3.63) is 24.3 Å². The highest BCUT2D eigenvalue weighted by atomic mass is 32.2. The molecule has 0 bridgehead atoms. The molecule has 114 valence electrons. The molecule has 1 fully saturated rings. The van der Waals surface area contributed by atoms with Gasteiger partial charge in [-0.1, -0.05) is 19.3 Å².